The van der Waals surface area contributed by atoms with E-state index < -0.39 is 22.8 Å². The number of nitro benzene ring substituents is 1. The fourth-order valence-corrected chi connectivity index (χ4v) is 2.32. The van der Waals surface area contributed by atoms with Gasteiger partial charge in [0.1, 0.15) is 6.04 Å². The molecule has 130 valence electrons. The van der Waals surface area contributed by atoms with Crippen LogP contribution in [0.2, 0.25) is 5.02 Å². The Balaban J connectivity index is 2.17. The number of hydrogen-bond acceptors (Lipinski definition) is 5. The van der Waals surface area contributed by atoms with Gasteiger partial charge in [-0.05, 0) is 23.8 Å². The first kappa shape index (κ1) is 18.4. The van der Waals surface area contributed by atoms with Crippen molar-refractivity contribution < 1.29 is 19.2 Å². The number of rotatable bonds is 6. The van der Waals surface area contributed by atoms with Gasteiger partial charge in [0.25, 0.3) is 11.6 Å². The Hall–Kier alpha value is -2.93. The molecule has 0 spiro atoms. The van der Waals surface area contributed by atoms with Gasteiger partial charge in [-0.2, -0.15) is 0 Å². The molecular formula is C17H15ClN2O5. The molecule has 2 aromatic carbocycles. The van der Waals surface area contributed by atoms with E-state index >= 15 is 0 Å². The largest absolute Gasteiger partial charge is 0.467 e. The van der Waals surface area contributed by atoms with Crippen molar-refractivity contribution in [1.82, 2.24) is 5.32 Å². The lowest BCUT2D eigenvalue weighted by atomic mass is 10.1. The minimum absolute atomic E-state index is 0.0826. The molecule has 1 atom stereocenters. The summed E-state index contributed by atoms with van der Waals surface area (Å²) in [4.78, 5) is 34.5. The highest BCUT2D eigenvalue weighted by Crippen LogP contribution is 2.15. The van der Waals surface area contributed by atoms with Crippen molar-refractivity contribution in [3.05, 3.63) is 74.8 Å². The zero-order valence-corrected chi connectivity index (χ0v) is 14.0. The average molecular weight is 363 g/mol. The maximum Gasteiger partial charge on any atom is 0.328 e. The van der Waals surface area contributed by atoms with E-state index in [-0.39, 0.29) is 17.7 Å². The minimum atomic E-state index is -0.932. The van der Waals surface area contributed by atoms with Gasteiger partial charge in [0.05, 0.1) is 12.0 Å². The van der Waals surface area contributed by atoms with Crippen LogP contribution in [0.1, 0.15) is 15.9 Å². The quantitative estimate of drug-likeness (QED) is 0.484. The number of benzene rings is 2. The maximum absolute atomic E-state index is 12.3. The number of esters is 1. The number of methoxy groups -OCH3 is 1. The second kappa shape index (κ2) is 8.25. The SMILES string of the molecule is COC(=O)[C@@H](Cc1ccc(Cl)cc1)NC(=O)c1cccc([N+](=O)[O-])c1. The standard InChI is InChI=1S/C17H15ClN2O5/c1-25-17(22)15(9-11-5-7-13(18)8-6-11)19-16(21)12-3-2-4-14(10-12)20(23)24/h2-8,10,15H,9H2,1H3,(H,19,21)/t15-/m1/s1. The average Bonchev–Trinajstić information content (AvgIpc) is 2.62. The van der Waals surface area contributed by atoms with Gasteiger partial charge in [0, 0.05) is 29.1 Å². The Morgan fingerprint density at radius 3 is 2.52 bits per heavy atom. The van der Waals surface area contributed by atoms with E-state index in [9.17, 15) is 19.7 Å². The van der Waals surface area contributed by atoms with Crippen molar-refractivity contribution in [3.63, 3.8) is 0 Å². The minimum Gasteiger partial charge on any atom is -0.467 e. The third-order valence-corrected chi connectivity index (χ3v) is 3.72. The van der Waals surface area contributed by atoms with Gasteiger partial charge in [-0.15, -0.1) is 0 Å². The van der Waals surface area contributed by atoms with Crippen molar-refractivity contribution in [2.45, 2.75) is 12.5 Å². The van der Waals surface area contributed by atoms with Crippen LogP contribution in [0.25, 0.3) is 0 Å². The molecule has 0 unspecified atom stereocenters. The first-order valence-corrected chi connectivity index (χ1v) is 7.66. The van der Waals surface area contributed by atoms with Crippen molar-refractivity contribution >= 4 is 29.2 Å². The zero-order chi connectivity index (χ0) is 18.4. The molecule has 0 aromatic heterocycles. The smallest absolute Gasteiger partial charge is 0.328 e. The molecule has 7 nitrogen and oxygen atoms in total. The summed E-state index contributed by atoms with van der Waals surface area (Å²) in [6, 6.07) is 11.1. The van der Waals surface area contributed by atoms with Crippen LogP contribution in [0.3, 0.4) is 0 Å². The molecule has 0 aliphatic rings. The van der Waals surface area contributed by atoms with E-state index in [2.05, 4.69) is 5.32 Å². The number of carbonyl (C=O) groups excluding carboxylic acids is 2. The number of nitrogens with zero attached hydrogens (tertiary/aromatic N) is 1. The monoisotopic (exact) mass is 362 g/mol. The Morgan fingerprint density at radius 1 is 1.24 bits per heavy atom. The van der Waals surface area contributed by atoms with Crippen LogP contribution < -0.4 is 5.32 Å². The van der Waals surface area contributed by atoms with Crippen LogP contribution in [0, 0.1) is 10.1 Å². The molecule has 0 heterocycles. The first-order chi connectivity index (χ1) is 11.9. The molecule has 0 bridgehead atoms. The highest BCUT2D eigenvalue weighted by atomic mass is 35.5. The third kappa shape index (κ3) is 5.02. The summed E-state index contributed by atoms with van der Waals surface area (Å²) in [5, 5.41) is 13.9. The van der Waals surface area contributed by atoms with Crippen LogP contribution >= 0.6 is 11.6 Å². The molecule has 2 aromatic rings. The summed E-state index contributed by atoms with van der Waals surface area (Å²) in [5.41, 5.74) is 0.651. The maximum atomic E-state index is 12.3. The van der Waals surface area contributed by atoms with Gasteiger partial charge in [-0.25, -0.2) is 4.79 Å². The lowest BCUT2D eigenvalue weighted by molar-refractivity contribution is -0.384. The van der Waals surface area contributed by atoms with Crippen molar-refractivity contribution in [3.8, 4) is 0 Å². The van der Waals surface area contributed by atoms with Crippen LogP contribution in [0.5, 0.6) is 0 Å². The summed E-state index contributed by atoms with van der Waals surface area (Å²) < 4.78 is 4.72. The predicted octanol–water partition coefficient (Wildman–Crippen LogP) is 2.76. The normalized spacial score (nSPS) is 11.4. The molecule has 0 fully saturated rings. The zero-order valence-electron chi connectivity index (χ0n) is 13.3. The molecule has 0 saturated heterocycles. The van der Waals surface area contributed by atoms with Gasteiger partial charge in [-0.3, -0.25) is 14.9 Å². The summed E-state index contributed by atoms with van der Waals surface area (Å²) in [7, 11) is 1.22. The van der Waals surface area contributed by atoms with Gasteiger partial charge >= 0.3 is 5.97 Å². The number of amides is 1. The summed E-state index contributed by atoms with van der Waals surface area (Å²) >= 11 is 5.83. The van der Waals surface area contributed by atoms with Gasteiger partial charge < -0.3 is 10.1 Å². The highest BCUT2D eigenvalue weighted by Gasteiger charge is 2.23. The van der Waals surface area contributed by atoms with E-state index in [1.165, 1.54) is 25.3 Å². The van der Waals surface area contributed by atoms with E-state index in [1.807, 2.05) is 0 Å². The number of hydrogen-bond donors (Lipinski definition) is 1. The molecule has 1 N–H and O–H groups in total. The number of non-ortho nitro benzene ring substituents is 1. The van der Waals surface area contributed by atoms with Crippen LogP contribution in [0.15, 0.2) is 48.5 Å². The Bertz CT molecular complexity index is 792. The van der Waals surface area contributed by atoms with E-state index in [4.69, 9.17) is 16.3 Å². The molecule has 2 rings (SSSR count). The number of nitro groups is 1. The number of carbonyl (C=O) groups is 2. The van der Waals surface area contributed by atoms with Gasteiger partial charge in [-0.1, -0.05) is 29.8 Å². The van der Waals surface area contributed by atoms with Crippen LogP contribution in [-0.2, 0) is 16.0 Å². The lowest BCUT2D eigenvalue weighted by Crippen LogP contribution is -2.43. The third-order valence-electron chi connectivity index (χ3n) is 3.46. The van der Waals surface area contributed by atoms with Crippen molar-refractivity contribution in [1.29, 1.82) is 0 Å². The molecule has 0 radical (unpaired) electrons. The number of halogens is 1. The molecule has 0 saturated carbocycles. The molecule has 8 heteroatoms. The Morgan fingerprint density at radius 2 is 1.92 bits per heavy atom. The molecular weight excluding hydrogens is 348 g/mol. The predicted molar refractivity (Wildman–Crippen MR) is 91.5 cm³/mol. The Kier molecular flexibility index (Phi) is 6.08. The van der Waals surface area contributed by atoms with E-state index in [1.54, 1.807) is 24.3 Å². The molecule has 25 heavy (non-hydrogen) atoms. The van der Waals surface area contributed by atoms with Gasteiger partial charge in [0.2, 0.25) is 0 Å². The molecule has 0 aliphatic heterocycles. The number of nitrogens with one attached hydrogen (secondary N) is 1. The van der Waals surface area contributed by atoms with Crippen molar-refractivity contribution in [2.75, 3.05) is 7.11 Å². The topological polar surface area (TPSA) is 98.5 Å². The highest BCUT2D eigenvalue weighted by molar-refractivity contribution is 6.30. The molecule has 1 amide bonds. The van der Waals surface area contributed by atoms with Crippen molar-refractivity contribution in [2.24, 2.45) is 0 Å². The summed E-state index contributed by atoms with van der Waals surface area (Å²) in [6.45, 7) is 0. The summed E-state index contributed by atoms with van der Waals surface area (Å²) in [5.74, 6) is -1.22. The number of ether oxygens (including phenoxy) is 1. The van der Waals surface area contributed by atoms with Crippen LogP contribution in [0.4, 0.5) is 5.69 Å². The first-order valence-electron chi connectivity index (χ1n) is 7.28. The van der Waals surface area contributed by atoms with Gasteiger partial charge in [0.15, 0.2) is 0 Å². The lowest BCUT2D eigenvalue weighted by Gasteiger charge is -2.16. The molecule has 0 aliphatic carbocycles. The second-order valence-corrected chi connectivity index (χ2v) is 5.62. The van der Waals surface area contributed by atoms with Crippen LogP contribution in [-0.4, -0.2) is 30.0 Å². The summed E-state index contributed by atoms with van der Waals surface area (Å²) in [6.07, 6.45) is 0.199. The Labute approximate surface area is 148 Å². The fourth-order valence-electron chi connectivity index (χ4n) is 2.19. The fraction of sp³-hybridized carbons (Fsp3) is 0.176. The van der Waals surface area contributed by atoms with E-state index in [0.717, 1.165) is 11.6 Å². The second-order valence-electron chi connectivity index (χ2n) is 5.19. The van der Waals surface area contributed by atoms with E-state index in [0.29, 0.717) is 5.02 Å².